The second-order valence-electron chi connectivity index (χ2n) is 7.15. The molecule has 34 heavy (non-hydrogen) atoms. The Balaban J connectivity index is 1.75. The first-order valence-electron chi connectivity index (χ1n) is 9.46. The van der Waals surface area contributed by atoms with Gasteiger partial charge in [-0.3, -0.25) is 4.79 Å². The molecule has 2 N–H and O–H groups in total. The normalized spacial score (nSPS) is 12.2. The maximum absolute atomic E-state index is 13.1. The van der Waals surface area contributed by atoms with E-state index in [4.69, 9.17) is 0 Å². The fourth-order valence-corrected chi connectivity index (χ4v) is 3.26. The van der Waals surface area contributed by atoms with Gasteiger partial charge in [-0.2, -0.15) is 36.1 Å². The number of alkyl halides is 6. The van der Waals surface area contributed by atoms with Crippen molar-refractivity contribution in [2.45, 2.75) is 19.3 Å². The second-order valence-corrected chi connectivity index (χ2v) is 7.15. The quantitative estimate of drug-likeness (QED) is 0.397. The number of rotatable bonds is 3. The molecule has 0 aliphatic heterocycles. The Kier molecular flexibility index (Phi) is 5.42. The van der Waals surface area contributed by atoms with Crippen LogP contribution in [0.4, 0.5) is 32.0 Å². The van der Waals surface area contributed by atoms with Crippen LogP contribution in [0.1, 0.15) is 27.2 Å². The average Bonchev–Trinajstić information content (AvgIpc) is 3.10. The number of aromatic hydroxyl groups is 1. The van der Waals surface area contributed by atoms with Crippen molar-refractivity contribution in [3.05, 3.63) is 71.2 Å². The molecule has 0 unspecified atom stereocenters. The molecule has 0 spiro atoms. The largest absolute Gasteiger partial charge is 0.506 e. The number of nitrogens with zero attached hydrogens (tertiary/aromatic N) is 4. The van der Waals surface area contributed by atoms with E-state index in [1.807, 2.05) is 5.32 Å². The predicted octanol–water partition coefficient (Wildman–Crippen LogP) is 5.12. The third kappa shape index (κ3) is 4.23. The summed E-state index contributed by atoms with van der Waals surface area (Å²) in [5.41, 5.74) is -4.01. The van der Waals surface area contributed by atoms with Crippen LogP contribution in [0.2, 0.25) is 0 Å². The van der Waals surface area contributed by atoms with Gasteiger partial charge in [0.15, 0.2) is 11.5 Å². The lowest BCUT2D eigenvalue weighted by Crippen LogP contribution is -2.16. The van der Waals surface area contributed by atoms with Crippen LogP contribution >= 0.6 is 0 Å². The smallest absolute Gasteiger partial charge is 0.416 e. The van der Waals surface area contributed by atoms with Gasteiger partial charge in [-0.25, -0.2) is 9.97 Å². The molecule has 0 saturated carbocycles. The fourth-order valence-electron chi connectivity index (χ4n) is 3.26. The number of carbonyl (C=O) groups is 1. The summed E-state index contributed by atoms with van der Waals surface area (Å²) in [5, 5.41) is 16.9. The summed E-state index contributed by atoms with van der Waals surface area (Å²) >= 11 is 0. The minimum absolute atomic E-state index is 0.0594. The maximum atomic E-state index is 13.1. The van der Waals surface area contributed by atoms with Crippen molar-refractivity contribution in [2.24, 2.45) is 0 Å². The molecular formula is C21H13F6N5O2. The van der Waals surface area contributed by atoms with Gasteiger partial charge < -0.3 is 10.4 Å². The molecule has 176 valence electrons. The SMILES string of the molecule is Cc1nn(-c2ccccn2)c2ncc(C(=O)Nc3cc(C(F)(F)F)cc(C(F)(F)F)c3)c(O)c12. The Labute approximate surface area is 186 Å². The van der Waals surface area contributed by atoms with Crippen LogP contribution in [-0.4, -0.2) is 30.8 Å². The van der Waals surface area contributed by atoms with E-state index in [0.29, 0.717) is 18.0 Å². The molecule has 4 aromatic rings. The zero-order valence-electron chi connectivity index (χ0n) is 17.0. The summed E-state index contributed by atoms with van der Waals surface area (Å²) in [6, 6.07) is 5.65. The van der Waals surface area contributed by atoms with E-state index >= 15 is 0 Å². The van der Waals surface area contributed by atoms with Gasteiger partial charge in [0, 0.05) is 18.1 Å². The summed E-state index contributed by atoms with van der Waals surface area (Å²) in [5.74, 6) is -1.39. The standard InChI is InChI=1S/C21H13F6N5O2/c1-10-16-17(33)14(9-29-18(16)32(31-10)15-4-2-3-5-28-15)19(34)30-13-7-11(20(22,23)24)6-12(8-13)21(25,26)27/h2-9H,1H3,(H,29,33)(H,30,34). The lowest BCUT2D eigenvalue weighted by Gasteiger charge is -2.15. The first-order chi connectivity index (χ1) is 15.9. The van der Waals surface area contributed by atoms with Crippen LogP contribution in [0, 0.1) is 6.92 Å². The molecular weight excluding hydrogens is 468 g/mol. The van der Waals surface area contributed by atoms with Crippen molar-refractivity contribution >= 4 is 22.6 Å². The zero-order chi connectivity index (χ0) is 24.8. The maximum Gasteiger partial charge on any atom is 0.416 e. The van der Waals surface area contributed by atoms with Crippen LogP contribution in [-0.2, 0) is 12.4 Å². The minimum atomic E-state index is -5.08. The van der Waals surface area contributed by atoms with E-state index in [1.165, 1.54) is 17.8 Å². The molecule has 0 saturated heterocycles. The lowest BCUT2D eigenvalue weighted by atomic mass is 10.1. The summed E-state index contributed by atoms with van der Waals surface area (Å²) in [4.78, 5) is 20.9. The summed E-state index contributed by atoms with van der Waals surface area (Å²) in [7, 11) is 0. The van der Waals surface area contributed by atoms with Crippen molar-refractivity contribution in [2.75, 3.05) is 5.32 Å². The Hall–Kier alpha value is -4.16. The lowest BCUT2D eigenvalue weighted by molar-refractivity contribution is -0.143. The molecule has 3 heterocycles. The number of hydrogen-bond donors (Lipinski definition) is 2. The molecule has 0 atom stereocenters. The summed E-state index contributed by atoms with van der Waals surface area (Å²) < 4.78 is 79.8. The third-order valence-electron chi connectivity index (χ3n) is 4.80. The Bertz CT molecular complexity index is 1360. The van der Waals surface area contributed by atoms with Gasteiger partial charge in [-0.05, 0) is 37.3 Å². The van der Waals surface area contributed by atoms with Crippen molar-refractivity contribution in [1.82, 2.24) is 19.7 Å². The van der Waals surface area contributed by atoms with Crippen molar-refractivity contribution in [1.29, 1.82) is 0 Å². The highest BCUT2D eigenvalue weighted by Crippen LogP contribution is 2.38. The van der Waals surface area contributed by atoms with Gasteiger partial charge in [0.25, 0.3) is 5.91 Å². The van der Waals surface area contributed by atoms with Crippen LogP contribution in [0.25, 0.3) is 16.9 Å². The van der Waals surface area contributed by atoms with Gasteiger partial charge in [-0.15, -0.1) is 0 Å². The van der Waals surface area contributed by atoms with E-state index in [1.54, 1.807) is 18.2 Å². The van der Waals surface area contributed by atoms with Crippen LogP contribution in [0.5, 0.6) is 5.75 Å². The number of anilines is 1. The Morgan fingerprint density at radius 1 is 1.00 bits per heavy atom. The van der Waals surface area contributed by atoms with Gasteiger partial charge in [-0.1, -0.05) is 6.07 Å². The van der Waals surface area contributed by atoms with E-state index in [2.05, 4.69) is 15.1 Å². The number of amides is 1. The van der Waals surface area contributed by atoms with Crippen molar-refractivity contribution in [3.8, 4) is 11.6 Å². The van der Waals surface area contributed by atoms with E-state index < -0.39 is 46.4 Å². The molecule has 0 radical (unpaired) electrons. The highest BCUT2D eigenvalue weighted by atomic mass is 19.4. The number of halogens is 6. The third-order valence-corrected chi connectivity index (χ3v) is 4.80. The van der Waals surface area contributed by atoms with Crippen LogP contribution in [0.3, 0.4) is 0 Å². The molecule has 13 heteroatoms. The van der Waals surface area contributed by atoms with Gasteiger partial charge in [0.1, 0.15) is 11.3 Å². The van der Waals surface area contributed by atoms with Gasteiger partial charge in [0.05, 0.1) is 22.2 Å². The number of carbonyl (C=O) groups excluding carboxylic acids is 1. The van der Waals surface area contributed by atoms with Crippen molar-refractivity contribution < 1.29 is 36.2 Å². The number of aromatic nitrogens is 4. The van der Waals surface area contributed by atoms with Gasteiger partial charge in [0.2, 0.25) is 0 Å². The number of benzene rings is 1. The number of fused-ring (bicyclic) bond motifs is 1. The minimum Gasteiger partial charge on any atom is -0.506 e. The highest BCUT2D eigenvalue weighted by Gasteiger charge is 2.37. The molecule has 0 bridgehead atoms. The first kappa shape index (κ1) is 23.0. The Morgan fingerprint density at radius 2 is 1.65 bits per heavy atom. The van der Waals surface area contributed by atoms with Crippen LogP contribution < -0.4 is 5.32 Å². The van der Waals surface area contributed by atoms with E-state index in [0.717, 1.165) is 6.20 Å². The topological polar surface area (TPSA) is 92.9 Å². The number of nitrogens with one attached hydrogen (secondary N) is 1. The Morgan fingerprint density at radius 3 is 2.21 bits per heavy atom. The van der Waals surface area contributed by atoms with E-state index in [9.17, 15) is 36.2 Å². The molecule has 1 aromatic carbocycles. The van der Waals surface area contributed by atoms with Gasteiger partial charge >= 0.3 is 12.4 Å². The molecule has 0 fully saturated rings. The molecule has 0 aliphatic carbocycles. The monoisotopic (exact) mass is 481 g/mol. The first-order valence-corrected chi connectivity index (χ1v) is 9.46. The zero-order valence-corrected chi connectivity index (χ0v) is 17.0. The fraction of sp³-hybridized carbons (Fsp3) is 0.143. The number of aryl methyl sites for hydroxylation is 1. The molecule has 3 aromatic heterocycles. The number of pyridine rings is 2. The van der Waals surface area contributed by atoms with E-state index in [-0.39, 0.29) is 22.8 Å². The average molecular weight is 481 g/mol. The highest BCUT2D eigenvalue weighted by molar-refractivity contribution is 6.09. The molecule has 7 nitrogen and oxygen atoms in total. The second kappa shape index (κ2) is 8.01. The van der Waals surface area contributed by atoms with Crippen molar-refractivity contribution in [3.63, 3.8) is 0 Å². The van der Waals surface area contributed by atoms with Crippen LogP contribution in [0.15, 0.2) is 48.8 Å². The number of hydrogen-bond acceptors (Lipinski definition) is 5. The summed E-state index contributed by atoms with van der Waals surface area (Å²) in [6.45, 7) is 1.52. The molecule has 1 amide bonds. The molecule has 4 rings (SSSR count). The molecule has 0 aliphatic rings. The summed E-state index contributed by atoms with van der Waals surface area (Å²) in [6.07, 6.45) is -7.73. The predicted molar refractivity (Wildman–Crippen MR) is 107 cm³/mol.